The van der Waals surface area contributed by atoms with Gasteiger partial charge in [0.2, 0.25) is 0 Å². The van der Waals surface area contributed by atoms with E-state index >= 15 is 0 Å². The average Bonchev–Trinajstić information content (AvgIpc) is 3.11. The highest BCUT2D eigenvalue weighted by molar-refractivity contribution is 7.14. The first kappa shape index (κ1) is 17.3. The molecule has 3 heterocycles. The van der Waals surface area contributed by atoms with Crippen LogP contribution in [0.3, 0.4) is 0 Å². The number of carbonyl (C=O) groups is 1. The summed E-state index contributed by atoms with van der Waals surface area (Å²) in [5, 5.41) is 9.06. The Hall–Kier alpha value is -2.48. The van der Waals surface area contributed by atoms with E-state index in [0.29, 0.717) is 24.6 Å². The second-order valence-electron chi connectivity index (χ2n) is 5.67. The number of ketones is 1. The van der Waals surface area contributed by atoms with Crippen molar-refractivity contribution in [1.29, 1.82) is 0 Å². The number of Topliss-reactive ketones (excluding diaryl/α,β-unsaturated/α-hetero) is 1. The molecule has 2 aromatic heterocycles. The normalized spacial score (nSPS) is 15.4. The number of thiazole rings is 1. The van der Waals surface area contributed by atoms with Crippen LogP contribution in [0.5, 0.6) is 0 Å². The number of nitrogens with one attached hydrogen (secondary N) is 2. The molecule has 3 rings (SSSR count). The molecule has 0 aliphatic carbocycles. The molecule has 0 bridgehead atoms. The Morgan fingerprint density at radius 2 is 2.08 bits per heavy atom. The molecular formula is C17H22N6OS. The minimum Gasteiger partial charge on any atom is -0.356 e. The lowest BCUT2D eigenvalue weighted by Crippen LogP contribution is -2.34. The molecule has 7 nitrogen and oxygen atoms in total. The van der Waals surface area contributed by atoms with E-state index in [9.17, 15) is 4.79 Å². The first-order valence-electron chi connectivity index (χ1n) is 8.37. The minimum atomic E-state index is 0.330. The van der Waals surface area contributed by atoms with Crippen molar-refractivity contribution < 1.29 is 4.79 Å². The van der Waals surface area contributed by atoms with Crippen LogP contribution >= 0.6 is 11.3 Å². The fourth-order valence-corrected chi connectivity index (χ4v) is 3.33. The van der Waals surface area contributed by atoms with Crippen LogP contribution in [-0.4, -0.2) is 48.4 Å². The van der Waals surface area contributed by atoms with Crippen molar-refractivity contribution in [2.75, 3.05) is 36.9 Å². The molecule has 2 N–H and O–H groups in total. The monoisotopic (exact) mass is 358 g/mol. The summed E-state index contributed by atoms with van der Waals surface area (Å²) in [5.41, 5.74) is 1.66. The van der Waals surface area contributed by atoms with Crippen molar-refractivity contribution in [3.8, 4) is 11.4 Å². The van der Waals surface area contributed by atoms with Gasteiger partial charge in [-0.05, 0) is 19.1 Å². The number of aliphatic imine (C=N–C) groups is 1. The molecule has 0 saturated carbocycles. The molecular weight excluding hydrogens is 336 g/mol. The van der Waals surface area contributed by atoms with Crippen LogP contribution in [0.1, 0.15) is 19.8 Å². The second-order valence-corrected chi connectivity index (χ2v) is 6.53. The zero-order chi connectivity index (χ0) is 17.6. The van der Waals surface area contributed by atoms with E-state index in [-0.39, 0.29) is 0 Å². The van der Waals surface area contributed by atoms with Crippen molar-refractivity contribution in [2.24, 2.45) is 4.99 Å². The Balaban J connectivity index is 1.74. The number of carbonyl (C=O) groups excluding carboxylic acids is 1. The molecule has 132 valence electrons. The highest BCUT2D eigenvalue weighted by atomic mass is 32.1. The Morgan fingerprint density at radius 3 is 2.80 bits per heavy atom. The van der Waals surface area contributed by atoms with Crippen molar-refractivity contribution in [3.05, 3.63) is 23.6 Å². The summed E-state index contributed by atoms with van der Waals surface area (Å²) in [6, 6.07) is 5.92. The van der Waals surface area contributed by atoms with Gasteiger partial charge in [-0.25, -0.2) is 9.97 Å². The number of piperidine rings is 1. The average molecular weight is 358 g/mol. The third-order valence-electron chi connectivity index (χ3n) is 3.94. The SMILES string of the molecule is CCNC(=NC)Nc1nc(-c2cccc(N3CCC(=O)CC3)n2)cs1. The summed E-state index contributed by atoms with van der Waals surface area (Å²) in [6.07, 6.45) is 1.19. The Kier molecular flexibility index (Phi) is 5.60. The van der Waals surface area contributed by atoms with Crippen LogP contribution in [0.4, 0.5) is 10.9 Å². The van der Waals surface area contributed by atoms with Gasteiger partial charge >= 0.3 is 0 Å². The van der Waals surface area contributed by atoms with Crippen LogP contribution in [0, 0.1) is 0 Å². The molecule has 2 aromatic rings. The summed E-state index contributed by atoms with van der Waals surface area (Å²) >= 11 is 1.51. The standard InChI is InChI=1S/C17H22N6OS/c1-3-19-16(18-2)22-17-21-14(11-25-17)13-5-4-6-15(20-13)23-9-7-12(24)8-10-23/h4-6,11H,3,7-10H2,1-2H3,(H2,18,19,21,22). The number of nitrogens with zero attached hydrogens (tertiary/aromatic N) is 4. The minimum absolute atomic E-state index is 0.330. The quantitative estimate of drug-likeness (QED) is 0.645. The van der Waals surface area contributed by atoms with E-state index < -0.39 is 0 Å². The van der Waals surface area contributed by atoms with Gasteiger partial charge in [0.1, 0.15) is 17.3 Å². The predicted octanol–water partition coefficient (Wildman–Crippen LogP) is 2.38. The summed E-state index contributed by atoms with van der Waals surface area (Å²) in [6.45, 7) is 4.28. The van der Waals surface area contributed by atoms with E-state index in [1.54, 1.807) is 7.05 Å². The Morgan fingerprint density at radius 1 is 1.28 bits per heavy atom. The molecule has 1 aliphatic rings. The third kappa shape index (κ3) is 4.33. The first-order chi connectivity index (χ1) is 12.2. The Labute approximate surface area is 151 Å². The zero-order valence-electron chi connectivity index (χ0n) is 14.5. The maximum absolute atomic E-state index is 11.4. The van der Waals surface area contributed by atoms with Gasteiger partial charge < -0.3 is 15.5 Å². The van der Waals surface area contributed by atoms with Crippen LogP contribution in [-0.2, 0) is 4.79 Å². The van der Waals surface area contributed by atoms with E-state index in [1.807, 2.05) is 30.5 Å². The molecule has 0 radical (unpaired) electrons. The summed E-state index contributed by atoms with van der Waals surface area (Å²) in [7, 11) is 1.73. The number of aromatic nitrogens is 2. The molecule has 0 unspecified atom stereocenters. The number of pyridine rings is 1. The molecule has 0 aromatic carbocycles. The van der Waals surface area contributed by atoms with Gasteiger partial charge in [0.05, 0.1) is 5.69 Å². The van der Waals surface area contributed by atoms with Crippen molar-refractivity contribution >= 4 is 34.0 Å². The maximum Gasteiger partial charge on any atom is 0.197 e. The van der Waals surface area contributed by atoms with Crippen LogP contribution in [0.25, 0.3) is 11.4 Å². The number of guanidine groups is 1. The highest BCUT2D eigenvalue weighted by Gasteiger charge is 2.18. The number of hydrogen-bond acceptors (Lipinski definition) is 6. The lowest BCUT2D eigenvalue weighted by Gasteiger charge is -2.27. The van der Waals surface area contributed by atoms with Gasteiger partial charge in [0.25, 0.3) is 0 Å². The van der Waals surface area contributed by atoms with Gasteiger partial charge in [-0.1, -0.05) is 6.07 Å². The smallest absolute Gasteiger partial charge is 0.197 e. The lowest BCUT2D eigenvalue weighted by molar-refractivity contribution is -0.119. The van der Waals surface area contributed by atoms with Crippen LogP contribution in [0.15, 0.2) is 28.6 Å². The first-order valence-corrected chi connectivity index (χ1v) is 9.25. The van der Waals surface area contributed by atoms with E-state index in [0.717, 1.165) is 42.0 Å². The van der Waals surface area contributed by atoms with Crippen LogP contribution in [0.2, 0.25) is 0 Å². The van der Waals surface area contributed by atoms with Crippen molar-refractivity contribution in [3.63, 3.8) is 0 Å². The van der Waals surface area contributed by atoms with Gasteiger partial charge in [0.15, 0.2) is 11.1 Å². The van der Waals surface area contributed by atoms with Gasteiger partial charge in [-0.15, -0.1) is 11.3 Å². The zero-order valence-corrected chi connectivity index (χ0v) is 15.3. The lowest BCUT2D eigenvalue weighted by atomic mass is 10.1. The van der Waals surface area contributed by atoms with Gasteiger partial charge in [-0.3, -0.25) is 9.79 Å². The predicted molar refractivity (Wildman–Crippen MR) is 102 cm³/mol. The molecule has 8 heteroatoms. The number of anilines is 2. The molecule has 1 aliphatic heterocycles. The van der Waals surface area contributed by atoms with E-state index in [2.05, 4.69) is 25.5 Å². The highest BCUT2D eigenvalue weighted by Crippen LogP contribution is 2.26. The molecule has 1 saturated heterocycles. The van der Waals surface area contributed by atoms with Crippen molar-refractivity contribution in [2.45, 2.75) is 19.8 Å². The molecule has 0 atom stereocenters. The van der Waals surface area contributed by atoms with Gasteiger partial charge in [0, 0.05) is 44.9 Å². The second kappa shape index (κ2) is 8.06. The van der Waals surface area contributed by atoms with Gasteiger partial charge in [-0.2, -0.15) is 0 Å². The van der Waals surface area contributed by atoms with Crippen molar-refractivity contribution in [1.82, 2.24) is 15.3 Å². The number of rotatable bonds is 4. The fraction of sp³-hybridized carbons (Fsp3) is 0.412. The molecule has 1 fully saturated rings. The largest absolute Gasteiger partial charge is 0.356 e. The Bertz CT molecular complexity index is 762. The summed E-state index contributed by atoms with van der Waals surface area (Å²) < 4.78 is 0. The molecule has 0 amide bonds. The number of hydrogen-bond donors (Lipinski definition) is 2. The fourth-order valence-electron chi connectivity index (χ4n) is 2.62. The molecule has 25 heavy (non-hydrogen) atoms. The third-order valence-corrected chi connectivity index (χ3v) is 4.70. The molecule has 0 spiro atoms. The summed E-state index contributed by atoms with van der Waals surface area (Å²) in [5.74, 6) is 1.93. The summed E-state index contributed by atoms with van der Waals surface area (Å²) in [4.78, 5) is 27.0. The van der Waals surface area contributed by atoms with Crippen LogP contribution < -0.4 is 15.5 Å². The maximum atomic E-state index is 11.4. The van der Waals surface area contributed by atoms with E-state index in [4.69, 9.17) is 4.98 Å². The van der Waals surface area contributed by atoms with E-state index in [1.165, 1.54) is 11.3 Å². The topological polar surface area (TPSA) is 82.5 Å².